The number of hydrogen-bond acceptors (Lipinski definition) is 7. The Balaban J connectivity index is 1.03. The normalized spacial score (nSPS) is 16.3. The Morgan fingerprint density at radius 1 is 0.889 bits per heavy atom. The molecule has 0 spiro atoms. The van der Waals surface area contributed by atoms with Gasteiger partial charge >= 0.3 is 0 Å². The van der Waals surface area contributed by atoms with Gasteiger partial charge in [0.2, 0.25) is 0 Å². The van der Waals surface area contributed by atoms with Crippen molar-refractivity contribution < 1.29 is 4.79 Å². The number of aryl methyl sites for hydroxylation is 2. The number of carbonyl (C=O) groups is 1. The molecule has 7 rings (SSSR count). The first-order chi connectivity index (χ1) is 17.7. The Labute approximate surface area is 208 Å². The fourth-order valence-electron chi connectivity index (χ4n) is 4.75. The SMILES string of the molecule is O=C(NCc1cnc(C2CC2)cn1)c1ccc2c(n1)CCc1cn(Cc3cnc(C4CC4)cn3)nc1-2. The zero-order valence-electron chi connectivity index (χ0n) is 19.9. The van der Waals surface area contributed by atoms with E-state index in [-0.39, 0.29) is 5.91 Å². The van der Waals surface area contributed by atoms with E-state index in [0.717, 1.165) is 52.6 Å². The molecule has 0 saturated heterocycles. The molecule has 0 radical (unpaired) electrons. The van der Waals surface area contributed by atoms with Crippen molar-refractivity contribution in [3.8, 4) is 11.3 Å². The summed E-state index contributed by atoms with van der Waals surface area (Å²) in [5.41, 5.74) is 8.21. The molecule has 0 unspecified atom stereocenters. The van der Waals surface area contributed by atoms with E-state index < -0.39 is 0 Å². The molecular formula is C27H26N8O. The van der Waals surface area contributed by atoms with Crippen LogP contribution < -0.4 is 5.32 Å². The van der Waals surface area contributed by atoms with E-state index in [2.05, 4.69) is 36.4 Å². The number of fused-ring (bicyclic) bond motifs is 3. The molecule has 1 amide bonds. The van der Waals surface area contributed by atoms with Crippen molar-refractivity contribution in [1.82, 2.24) is 40.0 Å². The lowest BCUT2D eigenvalue weighted by Crippen LogP contribution is -2.25. The average Bonchev–Trinajstić information content (AvgIpc) is 3.85. The first kappa shape index (κ1) is 21.3. The predicted molar refractivity (Wildman–Crippen MR) is 131 cm³/mol. The van der Waals surface area contributed by atoms with Crippen LogP contribution in [0, 0.1) is 0 Å². The zero-order valence-corrected chi connectivity index (χ0v) is 19.9. The van der Waals surface area contributed by atoms with Crippen LogP contribution in [0.25, 0.3) is 11.3 Å². The Hall–Kier alpha value is -4.01. The minimum absolute atomic E-state index is 0.213. The molecule has 2 saturated carbocycles. The lowest BCUT2D eigenvalue weighted by molar-refractivity contribution is 0.0945. The van der Waals surface area contributed by atoms with Crippen molar-refractivity contribution in [3.63, 3.8) is 0 Å². The van der Waals surface area contributed by atoms with Crippen LogP contribution in [0.15, 0.2) is 43.1 Å². The summed E-state index contributed by atoms with van der Waals surface area (Å²) in [6.45, 7) is 0.910. The number of hydrogen-bond donors (Lipinski definition) is 1. The standard InChI is InChI=1S/C27H26N8O/c36-27(32-10-19-9-30-24(12-28-19)16-1-2-16)23-8-6-21-22(33-23)7-5-18-14-35(34-26(18)21)15-20-11-31-25(13-29-20)17-3-4-17/h6,8-9,11-14,16-17H,1-5,7,10,15H2,(H,32,36). The summed E-state index contributed by atoms with van der Waals surface area (Å²) < 4.78 is 1.93. The van der Waals surface area contributed by atoms with Gasteiger partial charge in [-0.25, -0.2) is 4.98 Å². The fourth-order valence-corrected chi connectivity index (χ4v) is 4.75. The van der Waals surface area contributed by atoms with Crippen LogP contribution in [0.5, 0.6) is 0 Å². The van der Waals surface area contributed by atoms with Crippen LogP contribution in [0.3, 0.4) is 0 Å². The molecular weight excluding hydrogens is 452 g/mol. The third-order valence-corrected chi connectivity index (χ3v) is 7.13. The van der Waals surface area contributed by atoms with E-state index in [1.54, 1.807) is 12.3 Å². The first-order valence-electron chi connectivity index (χ1n) is 12.7. The third-order valence-electron chi connectivity index (χ3n) is 7.13. The van der Waals surface area contributed by atoms with E-state index in [1.807, 2.05) is 29.3 Å². The zero-order chi connectivity index (χ0) is 24.1. The van der Waals surface area contributed by atoms with E-state index in [9.17, 15) is 4.79 Å². The summed E-state index contributed by atoms with van der Waals surface area (Å²) in [7, 11) is 0. The lowest BCUT2D eigenvalue weighted by Gasteiger charge is -2.15. The molecule has 0 atom stereocenters. The van der Waals surface area contributed by atoms with Gasteiger partial charge in [-0.05, 0) is 56.2 Å². The highest BCUT2D eigenvalue weighted by Crippen LogP contribution is 2.39. The van der Waals surface area contributed by atoms with Crippen LogP contribution in [0.4, 0.5) is 0 Å². The van der Waals surface area contributed by atoms with Crippen LogP contribution in [0.2, 0.25) is 0 Å². The average molecular weight is 479 g/mol. The van der Waals surface area contributed by atoms with E-state index in [1.165, 1.54) is 31.2 Å². The molecule has 9 heteroatoms. The van der Waals surface area contributed by atoms with Gasteiger partial charge in [-0.3, -0.25) is 29.4 Å². The maximum Gasteiger partial charge on any atom is 0.270 e. The van der Waals surface area contributed by atoms with Crippen LogP contribution in [-0.2, 0) is 25.9 Å². The lowest BCUT2D eigenvalue weighted by atomic mass is 9.94. The largest absolute Gasteiger partial charge is 0.345 e. The number of amides is 1. The molecule has 0 aliphatic heterocycles. The molecule has 3 aliphatic carbocycles. The van der Waals surface area contributed by atoms with Gasteiger partial charge in [0, 0.05) is 36.0 Å². The quantitative estimate of drug-likeness (QED) is 0.433. The van der Waals surface area contributed by atoms with Crippen molar-refractivity contribution in [2.24, 2.45) is 0 Å². The molecule has 3 aliphatic rings. The Morgan fingerprint density at radius 3 is 2.28 bits per heavy atom. The summed E-state index contributed by atoms with van der Waals surface area (Å²) in [5, 5.41) is 7.74. The number of nitrogens with zero attached hydrogens (tertiary/aromatic N) is 7. The van der Waals surface area contributed by atoms with Crippen molar-refractivity contribution >= 4 is 5.91 Å². The molecule has 4 heterocycles. The maximum absolute atomic E-state index is 12.8. The highest BCUT2D eigenvalue weighted by Gasteiger charge is 2.26. The van der Waals surface area contributed by atoms with Crippen molar-refractivity contribution in [2.75, 3.05) is 0 Å². The van der Waals surface area contributed by atoms with Crippen LogP contribution >= 0.6 is 0 Å². The topological polar surface area (TPSA) is 111 Å². The number of nitrogens with one attached hydrogen (secondary N) is 1. The summed E-state index contributed by atoms with van der Waals surface area (Å²) in [4.78, 5) is 35.5. The third kappa shape index (κ3) is 4.25. The summed E-state index contributed by atoms with van der Waals surface area (Å²) in [6, 6.07) is 3.73. The smallest absolute Gasteiger partial charge is 0.270 e. The van der Waals surface area contributed by atoms with E-state index >= 15 is 0 Å². The van der Waals surface area contributed by atoms with Gasteiger partial charge in [-0.1, -0.05) is 0 Å². The Bertz CT molecular complexity index is 1440. The molecule has 9 nitrogen and oxygen atoms in total. The number of rotatable bonds is 7. The molecule has 0 bridgehead atoms. The molecule has 0 aromatic carbocycles. The van der Waals surface area contributed by atoms with Gasteiger partial charge < -0.3 is 5.32 Å². The van der Waals surface area contributed by atoms with Crippen LogP contribution in [-0.4, -0.2) is 40.6 Å². The molecule has 180 valence electrons. The number of aromatic nitrogens is 7. The second-order valence-corrected chi connectivity index (χ2v) is 9.99. The van der Waals surface area contributed by atoms with E-state index in [4.69, 9.17) is 5.10 Å². The molecule has 4 aromatic rings. The Morgan fingerprint density at radius 2 is 1.61 bits per heavy atom. The van der Waals surface area contributed by atoms with Gasteiger partial charge in [0.1, 0.15) is 5.69 Å². The van der Waals surface area contributed by atoms with E-state index in [0.29, 0.717) is 30.6 Å². The monoisotopic (exact) mass is 478 g/mol. The number of carbonyl (C=O) groups excluding carboxylic acids is 1. The van der Waals surface area contributed by atoms with Crippen LogP contribution in [0.1, 0.15) is 82.0 Å². The molecule has 1 N–H and O–H groups in total. The first-order valence-corrected chi connectivity index (χ1v) is 12.7. The van der Waals surface area contributed by atoms with Gasteiger partial charge in [0.25, 0.3) is 5.91 Å². The second kappa shape index (κ2) is 8.58. The molecule has 36 heavy (non-hydrogen) atoms. The summed E-state index contributed by atoms with van der Waals surface area (Å²) >= 11 is 0. The predicted octanol–water partition coefficient (Wildman–Crippen LogP) is 3.36. The van der Waals surface area contributed by atoms with Gasteiger partial charge in [0.15, 0.2) is 0 Å². The fraction of sp³-hybridized carbons (Fsp3) is 0.370. The summed E-state index contributed by atoms with van der Waals surface area (Å²) in [5.74, 6) is 0.960. The molecule has 4 aromatic heterocycles. The van der Waals surface area contributed by atoms with Gasteiger partial charge in [0.05, 0.1) is 59.6 Å². The van der Waals surface area contributed by atoms with Crippen molar-refractivity contribution in [1.29, 1.82) is 0 Å². The highest BCUT2D eigenvalue weighted by atomic mass is 16.1. The minimum Gasteiger partial charge on any atom is -0.345 e. The number of pyridine rings is 1. The van der Waals surface area contributed by atoms with Gasteiger partial charge in [-0.2, -0.15) is 5.10 Å². The Kier molecular flexibility index (Phi) is 5.07. The molecule has 2 fully saturated rings. The van der Waals surface area contributed by atoms with Crippen molar-refractivity contribution in [2.45, 2.75) is 63.5 Å². The minimum atomic E-state index is -0.213. The van der Waals surface area contributed by atoms with Crippen molar-refractivity contribution in [3.05, 3.63) is 82.8 Å². The second-order valence-electron chi connectivity index (χ2n) is 9.99. The maximum atomic E-state index is 12.8. The highest BCUT2D eigenvalue weighted by molar-refractivity contribution is 5.92. The summed E-state index contributed by atoms with van der Waals surface area (Å²) in [6.07, 6.45) is 15.9. The van der Waals surface area contributed by atoms with Gasteiger partial charge in [-0.15, -0.1) is 0 Å².